The molecule has 4 aromatic carbocycles. The maximum atomic E-state index is 13.7. The molecule has 386 valence electrons. The minimum atomic E-state index is -1.97. The second-order valence-electron chi connectivity index (χ2n) is 21.5. The number of pyridine rings is 1. The van der Waals surface area contributed by atoms with Crippen molar-refractivity contribution in [3.05, 3.63) is 178 Å². The molecule has 1 unspecified atom stereocenters. The van der Waals surface area contributed by atoms with Crippen LogP contribution in [0, 0.1) is 22.2 Å². The molecule has 0 spiro atoms. The van der Waals surface area contributed by atoms with E-state index < -0.39 is 45.7 Å². The average molecular weight is 1010 g/mol. The zero-order chi connectivity index (χ0) is 53.0. The third kappa shape index (κ3) is 14.6. The Morgan fingerprint density at radius 1 is 0.699 bits per heavy atom. The molecule has 2 aliphatic heterocycles. The van der Waals surface area contributed by atoms with Gasteiger partial charge in [0.2, 0.25) is 5.88 Å². The number of hydrogen-bond donors (Lipinski definition) is 4. The lowest BCUT2D eigenvalue weighted by Crippen LogP contribution is -2.43. The van der Waals surface area contributed by atoms with Crippen LogP contribution >= 0.6 is 0 Å². The van der Waals surface area contributed by atoms with Gasteiger partial charge in [0.15, 0.2) is 0 Å². The number of benzene rings is 4. The van der Waals surface area contributed by atoms with E-state index in [1.165, 1.54) is 23.9 Å². The molecule has 0 fully saturated rings. The summed E-state index contributed by atoms with van der Waals surface area (Å²) >= 11 is -1.97. The highest BCUT2D eigenvalue weighted by molar-refractivity contribution is 7.81. The molecular formula is C60H72N4O8S. The number of ether oxygens (including phenoxy) is 2. The van der Waals surface area contributed by atoms with E-state index in [0.29, 0.717) is 48.2 Å². The van der Waals surface area contributed by atoms with Gasteiger partial charge < -0.3 is 29.6 Å². The molecule has 5 N–H and O–H groups in total. The molecule has 0 saturated heterocycles. The van der Waals surface area contributed by atoms with Crippen LogP contribution in [0.25, 0.3) is 0 Å². The number of nitrogen functional groups attached to an aromatic ring is 1. The van der Waals surface area contributed by atoms with Gasteiger partial charge in [-0.1, -0.05) is 153 Å². The lowest BCUT2D eigenvalue weighted by Gasteiger charge is -2.41. The lowest BCUT2D eigenvalue weighted by molar-refractivity contribution is -0.162. The highest BCUT2D eigenvalue weighted by Crippen LogP contribution is 2.49. The first-order valence-electron chi connectivity index (χ1n) is 25.3. The summed E-state index contributed by atoms with van der Waals surface area (Å²) in [4.78, 5) is 31.1. The van der Waals surface area contributed by atoms with E-state index in [2.05, 4.69) is 68.6 Å². The molecule has 5 atom stereocenters. The van der Waals surface area contributed by atoms with E-state index in [1.54, 1.807) is 18.2 Å². The summed E-state index contributed by atoms with van der Waals surface area (Å²) in [6.07, 6.45) is 7.86. The first kappa shape index (κ1) is 55.4. The summed E-state index contributed by atoms with van der Waals surface area (Å²) in [6.45, 7) is 16.4. The third-order valence-electron chi connectivity index (χ3n) is 13.5. The fraction of sp³-hybridized carbons (Fsp3) is 0.400. The van der Waals surface area contributed by atoms with Crippen molar-refractivity contribution in [1.82, 2.24) is 4.98 Å². The molecule has 0 bridgehead atoms. The smallest absolute Gasteiger partial charge is 0.338 e. The number of carbonyl (C=O) groups is 2. The second kappa shape index (κ2) is 24.2. The van der Waals surface area contributed by atoms with Crippen molar-refractivity contribution in [2.24, 2.45) is 10.8 Å². The fourth-order valence-corrected chi connectivity index (χ4v) is 11.0. The molecule has 2 aliphatic rings. The first-order chi connectivity index (χ1) is 34.7. The third-order valence-corrected chi connectivity index (χ3v) is 14.2. The number of nitriles is 1. The van der Waals surface area contributed by atoms with Gasteiger partial charge in [0, 0.05) is 48.3 Å². The van der Waals surface area contributed by atoms with Crippen LogP contribution in [0.5, 0.6) is 5.88 Å². The summed E-state index contributed by atoms with van der Waals surface area (Å²) < 4.78 is 33.2. The Bertz CT molecular complexity index is 2810. The topological polar surface area (TPSA) is 194 Å². The highest BCUT2D eigenvalue weighted by Gasteiger charge is 2.47. The Morgan fingerprint density at radius 2 is 1.18 bits per heavy atom. The van der Waals surface area contributed by atoms with Gasteiger partial charge in [0.05, 0.1) is 16.7 Å². The number of rotatable bonds is 18. The van der Waals surface area contributed by atoms with Crippen molar-refractivity contribution >= 4 is 34.6 Å². The van der Waals surface area contributed by atoms with Gasteiger partial charge in [0.1, 0.15) is 28.8 Å². The van der Waals surface area contributed by atoms with Gasteiger partial charge in [-0.05, 0) is 102 Å². The number of cyclic esters (lactones) is 2. The van der Waals surface area contributed by atoms with Gasteiger partial charge in [-0.25, -0.2) is 14.6 Å². The molecule has 0 amide bonds. The molecule has 73 heavy (non-hydrogen) atoms. The number of nitrogens with two attached hydrogens (primary N) is 1. The standard InChI is InChI=1S/C33H37N3O5S.C27H35NO3/c1-5-17-33(18-16-23-10-7-6-8-11-23)20-27(37)29(31(38)40-33)30(32(2,3)4)25-12-9-13-26(19-25)36-42(39)41-28-15-14-24(21-34)22-35-28;1-5-15-27(16-14-19-10-7-6-8-11-19)18-22(29)23(25(30)31-27)24(26(2,3)4)20-12-9-13-21(28)17-20/h6-15,19,22,30,36-37H,5,16-18,20H2,1-4H3;6-13,17,24,29H,5,14-16,18,28H2,1-4H3/t30-,33+,42?;24-,27+/m11/s1. The van der Waals surface area contributed by atoms with Crippen LogP contribution in [-0.4, -0.2) is 42.5 Å². The van der Waals surface area contributed by atoms with Crippen LogP contribution in [0.4, 0.5) is 11.4 Å². The predicted octanol–water partition coefficient (Wildman–Crippen LogP) is 13.4. The van der Waals surface area contributed by atoms with E-state index in [0.717, 1.165) is 48.8 Å². The number of nitrogens with zero attached hydrogens (tertiary/aromatic N) is 2. The number of aryl methyl sites for hydroxylation is 2. The minimum Gasteiger partial charge on any atom is -0.512 e. The lowest BCUT2D eigenvalue weighted by atomic mass is 9.70. The number of aromatic nitrogens is 1. The number of carbonyl (C=O) groups excluding carboxylic acids is 2. The normalized spacial score (nSPS) is 19.3. The zero-order valence-electron chi connectivity index (χ0n) is 43.6. The molecule has 12 nitrogen and oxygen atoms in total. The van der Waals surface area contributed by atoms with Crippen LogP contribution in [0.2, 0.25) is 0 Å². The highest BCUT2D eigenvalue weighted by atomic mass is 32.2. The molecule has 5 aromatic rings. The van der Waals surface area contributed by atoms with Crippen molar-refractivity contribution in [2.45, 2.75) is 143 Å². The van der Waals surface area contributed by atoms with Crippen LogP contribution in [0.15, 0.2) is 150 Å². The summed E-state index contributed by atoms with van der Waals surface area (Å²) in [5.74, 6) is -1.39. The Morgan fingerprint density at radius 3 is 1.59 bits per heavy atom. The molecular weight excluding hydrogens is 937 g/mol. The minimum absolute atomic E-state index is 0.0600. The molecule has 0 aliphatic carbocycles. The fourth-order valence-electron chi connectivity index (χ4n) is 10.3. The Labute approximate surface area is 434 Å². The molecule has 0 saturated carbocycles. The van der Waals surface area contributed by atoms with Crippen LogP contribution in [0.3, 0.4) is 0 Å². The summed E-state index contributed by atoms with van der Waals surface area (Å²) in [7, 11) is 0. The van der Waals surface area contributed by atoms with Gasteiger partial charge in [-0.3, -0.25) is 4.72 Å². The molecule has 0 radical (unpaired) electrons. The van der Waals surface area contributed by atoms with Crippen LogP contribution in [0.1, 0.15) is 146 Å². The summed E-state index contributed by atoms with van der Waals surface area (Å²) in [6, 6.07) is 40.0. The monoisotopic (exact) mass is 1010 g/mol. The maximum absolute atomic E-state index is 13.7. The van der Waals surface area contributed by atoms with Crippen LogP contribution in [-0.2, 0) is 43.2 Å². The first-order valence-corrected chi connectivity index (χ1v) is 26.3. The number of esters is 2. The number of hydrogen-bond acceptors (Lipinski definition) is 11. The van der Waals surface area contributed by atoms with Gasteiger partial charge >= 0.3 is 23.2 Å². The Kier molecular flexibility index (Phi) is 18.4. The summed E-state index contributed by atoms with van der Waals surface area (Å²) in [5, 5.41) is 31.6. The Hall–Kier alpha value is -6.91. The van der Waals surface area contributed by atoms with Gasteiger partial charge in [-0.15, -0.1) is 0 Å². The maximum Gasteiger partial charge on any atom is 0.338 e. The number of nitrogens with one attached hydrogen (secondary N) is 1. The van der Waals surface area contributed by atoms with E-state index in [-0.39, 0.29) is 40.7 Å². The van der Waals surface area contributed by atoms with Crippen molar-refractivity contribution in [2.75, 3.05) is 10.5 Å². The van der Waals surface area contributed by atoms with Crippen molar-refractivity contribution < 1.29 is 37.7 Å². The van der Waals surface area contributed by atoms with Crippen molar-refractivity contribution in [3.63, 3.8) is 0 Å². The zero-order valence-corrected chi connectivity index (χ0v) is 44.4. The predicted molar refractivity (Wildman–Crippen MR) is 289 cm³/mol. The van der Waals surface area contributed by atoms with E-state index in [1.807, 2.05) is 93.6 Å². The van der Waals surface area contributed by atoms with Crippen LogP contribution < -0.4 is 14.6 Å². The molecule has 13 heteroatoms. The Balaban J connectivity index is 0.000000249. The van der Waals surface area contributed by atoms with Gasteiger partial charge in [-0.2, -0.15) is 9.47 Å². The largest absolute Gasteiger partial charge is 0.512 e. The van der Waals surface area contributed by atoms with Gasteiger partial charge in [0.25, 0.3) is 0 Å². The SMILES string of the molecule is CCC[C@]1(CCc2ccccc2)CC(O)=C([C@@H](c2cccc(N)c2)C(C)(C)C)C(=O)O1.CCC[C@]1(CCc2ccccc2)CC(O)=C([C@@H](c2cccc(NS(=O)Oc3ccc(C#N)cn3)c2)C(C)(C)C)C(=O)O1. The summed E-state index contributed by atoms with van der Waals surface area (Å²) in [5.41, 5.74) is 9.98. The number of anilines is 2. The average Bonchev–Trinajstić information content (AvgIpc) is 3.33. The molecule has 3 heterocycles. The quantitative estimate of drug-likeness (QED) is 0.0482. The van der Waals surface area contributed by atoms with E-state index in [9.17, 15) is 24.0 Å². The van der Waals surface area contributed by atoms with E-state index in [4.69, 9.17) is 24.7 Å². The van der Waals surface area contributed by atoms with E-state index >= 15 is 0 Å². The molecule has 7 rings (SSSR count). The number of aliphatic hydroxyl groups excluding tert-OH is 2. The molecule has 1 aromatic heterocycles. The second-order valence-corrected chi connectivity index (χ2v) is 22.3. The number of aliphatic hydroxyl groups is 2. The van der Waals surface area contributed by atoms with Crippen molar-refractivity contribution in [1.29, 1.82) is 5.26 Å². The van der Waals surface area contributed by atoms with Crippen molar-refractivity contribution in [3.8, 4) is 11.9 Å².